The first-order valence-electron chi connectivity index (χ1n) is 8.97. The number of hydrogen-bond acceptors (Lipinski definition) is 4. The maximum Gasteiger partial charge on any atom is 0.264 e. The number of anilines is 2. The van der Waals surface area contributed by atoms with Gasteiger partial charge in [0.15, 0.2) is 0 Å². The van der Waals surface area contributed by atoms with Gasteiger partial charge in [0.05, 0.1) is 24.1 Å². The number of hydrogen-bond donors (Lipinski definition) is 1. The Morgan fingerprint density at radius 2 is 1.66 bits per heavy atom. The minimum atomic E-state index is -3.75. The molecule has 7 heteroatoms. The number of para-hydroxylation sites is 1. The van der Waals surface area contributed by atoms with Crippen LogP contribution in [0.5, 0.6) is 5.75 Å². The van der Waals surface area contributed by atoms with Crippen LogP contribution in [0.15, 0.2) is 83.8 Å². The second kappa shape index (κ2) is 8.79. The number of nitrogens with one attached hydrogen (secondary N) is 1. The molecule has 0 atom stereocenters. The Morgan fingerprint density at radius 1 is 0.966 bits per heavy atom. The highest BCUT2D eigenvalue weighted by molar-refractivity contribution is 7.92. The van der Waals surface area contributed by atoms with Crippen molar-refractivity contribution in [2.45, 2.75) is 11.3 Å². The molecule has 3 aromatic carbocycles. The fourth-order valence-electron chi connectivity index (χ4n) is 2.80. The van der Waals surface area contributed by atoms with Gasteiger partial charge in [-0.15, -0.1) is 0 Å². The molecule has 0 spiro atoms. The van der Waals surface area contributed by atoms with Crippen molar-refractivity contribution in [1.29, 1.82) is 0 Å². The van der Waals surface area contributed by atoms with Gasteiger partial charge in [0.1, 0.15) is 5.75 Å². The van der Waals surface area contributed by atoms with E-state index in [-0.39, 0.29) is 17.2 Å². The van der Waals surface area contributed by atoms with Gasteiger partial charge in [0.2, 0.25) is 5.91 Å². The lowest BCUT2D eigenvalue weighted by Gasteiger charge is -2.19. The third kappa shape index (κ3) is 4.94. The molecule has 0 heterocycles. The van der Waals surface area contributed by atoms with Gasteiger partial charge in [-0.25, -0.2) is 8.42 Å². The molecule has 1 N–H and O–H groups in total. The van der Waals surface area contributed by atoms with Gasteiger partial charge in [-0.05, 0) is 48.0 Å². The normalized spacial score (nSPS) is 11.0. The van der Waals surface area contributed by atoms with Crippen molar-refractivity contribution >= 4 is 27.3 Å². The fourth-order valence-corrected chi connectivity index (χ4v) is 4.05. The largest absolute Gasteiger partial charge is 0.497 e. The van der Waals surface area contributed by atoms with Crippen molar-refractivity contribution in [3.05, 3.63) is 84.4 Å². The fraction of sp³-hybridized carbons (Fsp3) is 0.136. The number of methoxy groups -OCH3 is 1. The van der Waals surface area contributed by atoms with Crippen LogP contribution in [-0.2, 0) is 21.2 Å². The first-order chi connectivity index (χ1) is 13.9. The highest BCUT2D eigenvalue weighted by Crippen LogP contribution is 2.23. The van der Waals surface area contributed by atoms with E-state index in [1.807, 2.05) is 18.2 Å². The van der Waals surface area contributed by atoms with E-state index in [0.29, 0.717) is 11.4 Å². The summed E-state index contributed by atoms with van der Waals surface area (Å²) >= 11 is 0. The van der Waals surface area contributed by atoms with Crippen molar-refractivity contribution in [3.63, 3.8) is 0 Å². The maximum atomic E-state index is 12.9. The molecule has 0 saturated heterocycles. The van der Waals surface area contributed by atoms with Crippen LogP contribution < -0.4 is 14.4 Å². The van der Waals surface area contributed by atoms with Crippen LogP contribution in [0, 0.1) is 0 Å². The van der Waals surface area contributed by atoms with Gasteiger partial charge in [-0.3, -0.25) is 9.10 Å². The monoisotopic (exact) mass is 410 g/mol. The summed E-state index contributed by atoms with van der Waals surface area (Å²) < 4.78 is 32.2. The van der Waals surface area contributed by atoms with E-state index in [1.165, 1.54) is 23.5 Å². The van der Waals surface area contributed by atoms with Crippen molar-refractivity contribution in [2.24, 2.45) is 0 Å². The summed E-state index contributed by atoms with van der Waals surface area (Å²) in [5.74, 6) is 0.482. The lowest BCUT2D eigenvalue weighted by molar-refractivity contribution is -0.115. The van der Waals surface area contributed by atoms with E-state index in [0.717, 1.165) is 11.3 Å². The maximum absolute atomic E-state index is 12.9. The average molecular weight is 410 g/mol. The summed E-state index contributed by atoms with van der Waals surface area (Å²) in [5.41, 5.74) is 1.81. The second-order valence-electron chi connectivity index (χ2n) is 6.41. The lowest BCUT2D eigenvalue weighted by atomic mass is 10.1. The Labute approximate surface area is 170 Å². The Balaban J connectivity index is 1.74. The smallest absolute Gasteiger partial charge is 0.264 e. The number of carbonyl (C=O) groups is 1. The van der Waals surface area contributed by atoms with Gasteiger partial charge in [-0.1, -0.05) is 36.4 Å². The minimum Gasteiger partial charge on any atom is -0.497 e. The summed E-state index contributed by atoms with van der Waals surface area (Å²) in [7, 11) is -0.668. The van der Waals surface area contributed by atoms with Crippen LogP contribution in [0.2, 0.25) is 0 Å². The van der Waals surface area contributed by atoms with Crippen molar-refractivity contribution in [3.8, 4) is 5.75 Å². The van der Waals surface area contributed by atoms with Crippen molar-refractivity contribution < 1.29 is 17.9 Å². The molecule has 0 aliphatic rings. The zero-order valence-electron chi connectivity index (χ0n) is 16.2. The van der Waals surface area contributed by atoms with Crippen LogP contribution in [0.4, 0.5) is 11.4 Å². The van der Waals surface area contributed by atoms with Gasteiger partial charge in [-0.2, -0.15) is 0 Å². The first kappa shape index (κ1) is 20.4. The third-order valence-corrected chi connectivity index (χ3v) is 6.20. The number of rotatable bonds is 7. The molecule has 150 valence electrons. The van der Waals surface area contributed by atoms with Crippen LogP contribution in [0.25, 0.3) is 0 Å². The summed E-state index contributed by atoms with van der Waals surface area (Å²) in [5, 5.41) is 2.76. The van der Waals surface area contributed by atoms with Gasteiger partial charge >= 0.3 is 0 Å². The number of sulfonamides is 1. The summed E-state index contributed by atoms with van der Waals surface area (Å²) in [6.07, 6.45) is 0.172. The summed E-state index contributed by atoms with van der Waals surface area (Å²) in [6.45, 7) is 0. The van der Waals surface area contributed by atoms with Crippen LogP contribution >= 0.6 is 0 Å². The van der Waals surface area contributed by atoms with E-state index in [2.05, 4.69) is 5.32 Å². The molecule has 0 bridgehead atoms. The molecule has 0 radical (unpaired) electrons. The number of carbonyl (C=O) groups excluding carboxylic acids is 1. The van der Waals surface area contributed by atoms with E-state index < -0.39 is 10.0 Å². The van der Waals surface area contributed by atoms with E-state index in [4.69, 9.17) is 4.74 Å². The molecule has 0 aliphatic carbocycles. The van der Waals surface area contributed by atoms with Crippen LogP contribution in [0.1, 0.15) is 5.56 Å². The number of nitrogens with zero attached hydrogens (tertiary/aromatic N) is 1. The molecular formula is C22H22N2O4S. The molecule has 0 unspecified atom stereocenters. The molecule has 3 rings (SSSR count). The molecule has 6 nitrogen and oxygen atoms in total. The first-order valence-corrected chi connectivity index (χ1v) is 10.4. The standard InChI is InChI=1S/C22H22N2O4S/c1-24(19-8-4-3-5-9-19)29(26,27)21-10-6-7-18(16-21)23-22(25)15-17-11-13-20(28-2)14-12-17/h3-14,16H,15H2,1-2H3,(H,23,25). The van der Waals surface area contributed by atoms with Crippen LogP contribution in [-0.4, -0.2) is 28.5 Å². The molecule has 0 saturated carbocycles. The predicted molar refractivity (Wildman–Crippen MR) is 114 cm³/mol. The molecule has 1 amide bonds. The minimum absolute atomic E-state index is 0.103. The highest BCUT2D eigenvalue weighted by atomic mass is 32.2. The Kier molecular flexibility index (Phi) is 6.19. The molecule has 29 heavy (non-hydrogen) atoms. The number of benzene rings is 3. The summed E-state index contributed by atoms with van der Waals surface area (Å²) in [6, 6.07) is 22.2. The quantitative estimate of drug-likeness (QED) is 0.644. The second-order valence-corrected chi connectivity index (χ2v) is 8.38. The van der Waals surface area contributed by atoms with Gasteiger partial charge in [0, 0.05) is 12.7 Å². The SMILES string of the molecule is COc1ccc(CC(=O)Nc2cccc(S(=O)(=O)N(C)c3ccccc3)c2)cc1. The summed E-state index contributed by atoms with van der Waals surface area (Å²) in [4.78, 5) is 12.5. The predicted octanol–water partition coefficient (Wildman–Crippen LogP) is 3.70. The Hall–Kier alpha value is -3.32. The highest BCUT2D eigenvalue weighted by Gasteiger charge is 2.21. The topological polar surface area (TPSA) is 75.7 Å². The zero-order valence-corrected chi connectivity index (χ0v) is 17.0. The zero-order chi connectivity index (χ0) is 20.9. The van der Waals surface area contributed by atoms with E-state index in [1.54, 1.807) is 55.6 Å². The third-order valence-electron chi connectivity index (χ3n) is 4.42. The van der Waals surface area contributed by atoms with E-state index in [9.17, 15) is 13.2 Å². The molecule has 3 aromatic rings. The molecule has 0 aliphatic heterocycles. The average Bonchev–Trinajstić information content (AvgIpc) is 2.74. The molecule has 0 aromatic heterocycles. The molecule has 0 fully saturated rings. The number of amides is 1. The van der Waals surface area contributed by atoms with Crippen LogP contribution in [0.3, 0.4) is 0 Å². The van der Waals surface area contributed by atoms with Crippen molar-refractivity contribution in [2.75, 3.05) is 23.8 Å². The van der Waals surface area contributed by atoms with Gasteiger partial charge in [0.25, 0.3) is 10.0 Å². The van der Waals surface area contributed by atoms with Crippen molar-refractivity contribution in [1.82, 2.24) is 0 Å². The molecular weight excluding hydrogens is 388 g/mol. The Bertz CT molecular complexity index is 1080. The Morgan fingerprint density at radius 3 is 2.31 bits per heavy atom. The van der Waals surface area contributed by atoms with E-state index >= 15 is 0 Å². The lowest BCUT2D eigenvalue weighted by Crippen LogP contribution is -2.26. The number of ether oxygens (including phenoxy) is 1. The van der Waals surface area contributed by atoms with Gasteiger partial charge < -0.3 is 10.1 Å².